The molecule has 0 saturated heterocycles. The molecule has 5 heteroatoms. The highest BCUT2D eigenvalue weighted by atomic mass is 32.2. The lowest BCUT2D eigenvalue weighted by Crippen LogP contribution is -2.12. The summed E-state index contributed by atoms with van der Waals surface area (Å²) in [6.07, 6.45) is 3.68. The lowest BCUT2D eigenvalue weighted by Gasteiger charge is -2.01. The smallest absolute Gasteiger partial charge is 0.149 e. The maximum Gasteiger partial charge on any atom is 0.149 e. The van der Waals surface area contributed by atoms with Crippen molar-refractivity contribution in [1.29, 1.82) is 0 Å². The highest BCUT2D eigenvalue weighted by molar-refractivity contribution is 8.00. The Morgan fingerprint density at radius 3 is 3.09 bits per heavy atom. The van der Waals surface area contributed by atoms with Crippen LogP contribution in [0.5, 0.6) is 0 Å². The lowest BCUT2D eigenvalue weighted by molar-refractivity contribution is 0.269. The molecule has 0 aromatic carbocycles. The summed E-state index contributed by atoms with van der Waals surface area (Å²) in [6, 6.07) is -0.270. The van der Waals surface area contributed by atoms with Crippen LogP contribution >= 0.6 is 23.1 Å². The second-order valence-electron chi connectivity index (χ2n) is 2.02. The molecule has 1 unspecified atom stereocenters. The van der Waals surface area contributed by atoms with Gasteiger partial charge in [0.1, 0.15) is 4.34 Å². The van der Waals surface area contributed by atoms with Gasteiger partial charge in [-0.25, -0.2) is 4.98 Å². The zero-order valence-electron chi connectivity index (χ0n) is 6.15. The number of nitrogens with zero attached hydrogens (tertiary/aromatic N) is 1. The SMILES string of the molecule is CSc1ncc(C(N)CO)s1. The Morgan fingerprint density at radius 2 is 2.64 bits per heavy atom. The summed E-state index contributed by atoms with van der Waals surface area (Å²) in [4.78, 5) is 5.04. The van der Waals surface area contributed by atoms with E-state index in [0.717, 1.165) is 9.22 Å². The molecule has 3 N–H and O–H groups in total. The minimum Gasteiger partial charge on any atom is -0.394 e. The summed E-state index contributed by atoms with van der Waals surface area (Å²) in [5, 5.41) is 8.72. The highest BCUT2D eigenvalue weighted by Gasteiger charge is 2.07. The number of hydrogen-bond donors (Lipinski definition) is 2. The molecule has 1 rings (SSSR count). The largest absolute Gasteiger partial charge is 0.394 e. The zero-order valence-corrected chi connectivity index (χ0v) is 7.78. The number of thioether (sulfide) groups is 1. The van der Waals surface area contributed by atoms with E-state index in [1.807, 2.05) is 6.26 Å². The molecule has 0 aliphatic carbocycles. The van der Waals surface area contributed by atoms with Crippen LogP contribution in [0.4, 0.5) is 0 Å². The number of nitrogens with two attached hydrogens (primary N) is 1. The monoisotopic (exact) mass is 190 g/mol. The van der Waals surface area contributed by atoms with Crippen LogP contribution in [0, 0.1) is 0 Å². The molecule has 1 atom stereocenters. The van der Waals surface area contributed by atoms with Crippen molar-refractivity contribution >= 4 is 23.1 Å². The fourth-order valence-electron chi connectivity index (χ4n) is 0.626. The van der Waals surface area contributed by atoms with E-state index in [1.54, 1.807) is 18.0 Å². The van der Waals surface area contributed by atoms with Crippen molar-refractivity contribution in [1.82, 2.24) is 4.98 Å². The topological polar surface area (TPSA) is 59.1 Å². The van der Waals surface area contributed by atoms with Crippen LogP contribution in [-0.4, -0.2) is 23.0 Å². The number of aromatic nitrogens is 1. The van der Waals surface area contributed by atoms with Gasteiger partial charge in [0, 0.05) is 11.1 Å². The van der Waals surface area contributed by atoms with E-state index in [-0.39, 0.29) is 12.6 Å². The van der Waals surface area contributed by atoms with E-state index in [4.69, 9.17) is 10.8 Å². The van der Waals surface area contributed by atoms with Crippen LogP contribution in [0.2, 0.25) is 0 Å². The Morgan fingerprint density at radius 1 is 1.91 bits per heavy atom. The summed E-state index contributed by atoms with van der Waals surface area (Å²) in [5.74, 6) is 0. The fraction of sp³-hybridized carbons (Fsp3) is 0.500. The molecule has 0 aliphatic heterocycles. The Labute approximate surface area is 73.6 Å². The molecule has 1 aromatic rings. The first-order valence-corrected chi connectivity index (χ1v) is 5.18. The van der Waals surface area contributed by atoms with Crippen molar-refractivity contribution in [2.24, 2.45) is 5.73 Å². The number of thiazole rings is 1. The fourth-order valence-corrected chi connectivity index (χ4v) is 2.04. The third kappa shape index (κ3) is 2.16. The number of aliphatic hydroxyl groups excluding tert-OH is 1. The van der Waals surface area contributed by atoms with Gasteiger partial charge in [-0.1, -0.05) is 11.8 Å². The number of rotatable bonds is 3. The Bertz CT molecular complexity index is 226. The maximum atomic E-state index is 8.72. The molecular weight excluding hydrogens is 180 g/mol. The standard InChI is InChI=1S/C6H10N2OS2/c1-10-6-8-2-5(11-6)4(7)3-9/h2,4,9H,3,7H2,1H3. The van der Waals surface area contributed by atoms with Gasteiger partial charge in [-0.05, 0) is 6.26 Å². The van der Waals surface area contributed by atoms with Crippen molar-refractivity contribution in [3.05, 3.63) is 11.1 Å². The second-order valence-corrected chi connectivity index (χ2v) is 4.14. The molecule has 0 spiro atoms. The van der Waals surface area contributed by atoms with Crippen LogP contribution in [0.15, 0.2) is 10.5 Å². The van der Waals surface area contributed by atoms with Gasteiger partial charge in [0.05, 0.1) is 12.6 Å². The van der Waals surface area contributed by atoms with Crippen molar-refractivity contribution in [3.8, 4) is 0 Å². The quantitative estimate of drug-likeness (QED) is 0.694. The van der Waals surface area contributed by atoms with Crippen LogP contribution < -0.4 is 5.73 Å². The van der Waals surface area contributed by atoms with Crippen LogP contribution in [0.25, 0.3) is 0 Å². The predicted octanol–water partition coefficient (Wildman–Crippen LogP) is 0.857. The third-order valence-corrected chi connectivity index (χ3v) is 3.37. The van der Waals surface area contributed by atoms with E-state index < -0.39 is 0 Å². The average Bonchev–Trinajstić information content (AvgIpc) is 2.50. The second kappa shape index (κ2) is 4.06. The van der Waals surface area contributed by atoms with Crippen molar-refractivity contribution in [2.75, 3.05) is 12.9 Å². The van der Waals surface area contributed by atoms with E-state index in [9.17, 15) is 0 Å². The molecule has 0 saturated carbocycles. The third-order valence-electron chi connectivity index (χ3n) is 1.24. The minimum atomic E-state index is -0.270. The van der Waals surface area contributed by atoms with Gasteiger partial charge in [-0.2, -0.15) is 0 Å². The molecular formula is C6H10N2OS2. The van der Waals surface area contributed by atoms with Gasteiger partial charge in [0.15, 0.2) is 0 Å². The molecule has 0 bridgehead atoms. The molecule has 62 valence electrons. The first-order chi connectivity index (χ1) is 5.27. The molecule has 1 heterocycles. The summed E-state index contributed by atoms with van der Waals surface area (Å²) in [6.45, 7) is -0.0178. The first-order valence-electron chi connectivity index (χ1n) is 3.14. The van der Waals surface area contributed by atoms with Gasteiger partial charge in [-0.15, -0.1) is 11.3 Å². The molecule has 0 aliphatic rings. The lowest BCUT2D eigenvalue weighted by atomic mass is 10.3. The molecule has 1 aromatic heterocycles. The molecule has 11 heavy (non-hydrogen) atoms. The number of hydrogen-bond acceptors (Lipinski definition) is 5. The summed E-state index contributed by atoms with van der Waals surface area (Å²) < 4.78 is 0.990. The van der Waals surface area contributed by atoms with Crippen molar-refractivity contribution in [3.63, 3.8) is 0 Å². The zero-order chi connectivity index (χ0) is 8.27. The van der Waals surface area contributed by atoms with Gasteiger partial charge in [-0.3, -0.25) is 0 Å². The molecule has 0 amide bonds. The van der Waals surface area contributed by atoms with Gasteiger partial charge in [0.25, 0.3) is 0 Å². The summed E-state index contributed by atoms with van der Waals surface area (Å²) >= 11 is 3.12. The first kappa shape index (κ1) is 8.99. The summed E-state index contributed by atoms with van der Waals surface area (Å²) in [7, 11) is 0. The normalized spacial score (nSPS) is 13.4. The van der Waals surface area contributed by atoms with E-state index >= 15 is 0 Å². The van der Waals surface area contributed by atoms with Crippen molar-refractivity contribution < 1.29 is 5.11 Å². The maximum absolute atomic E-state index is 8.72. The minimum absolute atomic E-state index is 0.0178. The Kier molecular flexibility index (Phi) is 3.32. The van der Waals surface area contributed by atoms with Crippen LogP contribution in [0.1, 0.15) is 10.9 Å². The highest BCUT2D eigenvalue weighted by Crippen LogP contribution is 2.24. The summed E-state index contributed by atoms with van der Waals surface area (Å²) in [5.41, 5.74) is 5.57. The van der Waals surface area contributed by atoms with Gasteiger partial charge in [0.2, 0.25) is 0 Å². The van der Waals surface area contributed by atoms with E-state index in [2.05, 4.69) is 4.98 Å². The molecule has 0 fully saturated rings. The van der Waals surface area contributed by atoms with Gasteiger partial charge >= 0.3 is 0 Å². The molecule has 3 nitrogen and oxygen atoms in total. The Hall–Kier alpha value is -0.100. The number of aliphatic hydroxyl groups is 1. The molecule has 0 radical (unpaired) electrons. The van der Waals surface area contributed by atoms with Crippen molar-refractivity contribution in [2.45, 2.75) is 10.4 Å². The Balaban J connectivity index is 2.71. The van der Waals surface area contributed by atoms with Crippen LogP contribution in [0.3, 0.4) is 0 Å². The van der Waals surface area contributed by atoms with Gasteiger partial charge < -0.3 is 10.8 Å². The van der Waals surface area contributed by atoms with Crippen LogP contribution in [-0.2, 0) is 0 Å². The van der Waals surface area contributed by atoms with E-state index in [1.165, 1.54) is 11.3 Å². The van der Waals surface area contributed by atoms with E-state index in [0.29, 0.717) is 0 Å². The average molecular weight is 190 g/mol. The predicted molar refractivity (Wildman–Crippen MR) is 47.9 cm³/mol.